The van der Waals surface area contributed by atoms with Crippen molar-refractivity contribution >= 4 is 11.6 Å². The molecule has 1 aromatic carbocycles. The molecule has 0 aliphatic carbocycles. The van der Waals surface area contributed by atoms with Crippen LogP contribution in [-0.2, 0) is 6.42 Å². The first-order valence-corrected chi connectivity index (χ1v) is 5.21. The van der Waals surface area contributed by atoms with Gasteiger partial charge in [-0.3, -0.25) is 0 Å². The van der Waals surface area contributed by atoms with Crippen LogP contribution in [0.15, 0.2) is 6.07 Å². The fourth-order valence-corrected chi connectivity index (χ4v) is 1.84. The molecule has 1 aromatic rings. The zero-order chi connectivity index (χ0) is 11.4. The highest BCUT2D eigenvalue weighted by molar-refractivity contribution is 6.30. The van der Waals surface area contributed by atoms with Gasteiger partial charge in [-0.25, -0.2) is 4.39 Å². The Bertz CT molecular complexity index is 355. The Hall–Kier alpha value is -0.800. The lowest BCUT2D eigenvalue weighted by molar-refractivity contribution is 0.401. The fourth-order valence-electron chi connectivity index (χ4n) is 1.56. The van der Waals surface area contributed by atoms with Crippen LogP contribution in [0.4, 0.5) is 4.39 Å². The third kappa shape index (κ3) is 2.61. The van der Waals surface area contributed by atoms with Crippen molar-refractivity contribution in [2.24, 2.45) is 5.73 Å². The highest BCUT2D eigenvalue weighted by Gasteiger charge is 2.14. The van der Waals surface area contributed by atoms with Crippen LogP contribution in [0.2, 0.25) is 5.02 Å². The van der Waals surface area contributed by atoms with E-state index in [4.69, 9.17) is 22.1 Å². The van der Waals surface area contributed by atoms with E-state index in [1.807, 2.05) is 0 Å². The van der Waals surface area contributed by atoms with Crippen molar-refractivity contribution in [1.29, 1.82) is 0 Å². The Labute approximate surface area is 94.2 Å². The van der Waals surface area contributed by atoms with Gasteiger partial charge in [-0.2, -0.15) is 0 Å². The van der Waals surface area contributed by atoms with Crippen molar-refractivity contribution in [2.45, 2.75) is 19.8 Å². The minimum Gasteiger partial charge on any atom is -0.496 e. The van der Waals surface area contributed by atoms with Crippen molar-refractivity contribution in [2.75, 3.05) is 13.7 Å². The maximum Gasteiger partial charge on any atom is 0.148 e. The number of rotatable bonds is 4. The Kier molecular flexibility index (Phi) is 4.36. The Morgan fingerprint density at radius 3 is 2.73 bits per heavy atom. The Morgan fingerprint density at radius 1 is 1.53 bits per heavy atom. The van der Waals surface area contributed by atoms with Crippen molar-refractivity contribution in [1.82, 2.24) is 0 Å². The summed E-state index contributed by atoms with van der Waals surface area (Å²) < 4.78 is 18.6. The van der Waals surface area contributed by atoms with Gasteiger partial charge in [0.25, 0.3) is 0 Å². The molecule has 0 heterocycles. The lowest BCUT2D eigenvalue weighted by Crippen LogP contribution is -2.03. The molecule has 0 aliphatic heterocycles. The first kappa shape index (κ1) is 12.3. The minimum atomic E-state index is -0.412. The van der Waals surface area contributed by atoms with Gasteiger partial charge in [0.15, 0.2) is 0 Å². The predicted molar refractivity (Wildman–Crippen MR) is 60.1 cm³/mol. The molecular weight excluding hydrogens is 217 g/mol. The lowest BCUT2D eigenvalue weighted by atomic mass is 10.0. The quantitative estimate of drug-likeness (QED) is 0.865. The van der Waals surface area contributed by atoms with Gasteiger partial charge >= 0.3 is 0 Å². The summed E-state index contributed by atoms with van der Waals surface area (Å²) >= 11 is 5.77. The average Bonchev–Trinajstić information content (AvgIpc) is 2.23. The van der Waals surface area contributed by atoms with Gasteiger partial charge in [0.2, 0.25) is 0 Å². The summed E-state index contributed by atoms with van der Waals surface area (Å²) in [6, 6.07) is 1.61. The standard InChI is InChI=1S/C11H15ClFNO/c1-7-10(13)9(12)6-8(4-3-5-14)11(7)15-2/h6H,3-5,14H2,1-2H3. The smallest absolute Gasteiger partial charge is 0.148 e. The molecule has 15 heavy (non-hydrogen) atoms. The molecule has 0 saturated carbocycles. The molecule has 0 aromatic heterocycles. The normalized spacial score (nSPS) is 10.5. The zero-order valence-corrected chi connectivity index (χ0v) is 9.70. The fraction of sp³-hybridized carbons (Fsp3) is 0.455. The van der Waals surface area contributed by atoms with Gasteiger partial charge in [-0.1, -0.05) is 11.6 Å². The average molecular weight is 232 g/mol. The third-order valence-corrected chi connectivity index (χ3v) is 2.60. The van der Waals surface area contributed by atoms with E-state index in [2.05, 4.69) is 0 Å². The molecule has 0 atom stereocenters. The van der Waals surface area contributed by atoms with Crippen molar-refractivity contribution in [3.8, 4) is 5.75 Å². The van der Waals surface area contributed by atoms with Gasteiger partial charge in [0.05, 0.1) is 12.1 Å². The number of methoxy groups -OCH3 is 1. The van der Waals surface area contributed by atoms with Gasteiger partial charge < -0.3 is 10.5 Å². The highest BCUT2D eigenvalue weighted by atomic mass is 35.5. The van der Waals surface area contributed by atoms with E-state index >= 15 is 0 Å². The molecule has 0 unspecified atom stereocenters. The summed E-state index contributed by atoms with van der Waals surface area (Å²) in [6.07, 6.45) is 1.58. The molecular formula is C11H15ClFNO. The van der Waals surface area contributed by atoms with Crippen LogP contribution in [0, 0.1) is 12.7 Å². The molecule has 0 saturated heterocycles. The van der Waals surface area contributed by atoms with E-state index in [0.29, 0.717) is 17.9 Å². The Balaban J connectivity index is 3.13. The monoisotopic (exact) mass is 231 g/mol. The first-order chi connectivity index (χ1) is 7.11. The topological polar surface area (TPSA) is 35.2 Å². The highest BCUT2D eigenvalue weighted by Crippen LogP contribution is 2.31. The molecule has 0 fully saturated rings. The number of halogens is 2. The maximum atomic E-state index is 13.4. The lowest BCUT2D eigenvalue weighted by Gasteiger charge is -2.12. The van der Waals surface area contributed by atoms with Gasteiger partial charge in [0, 0.05) is 5.56 Å². The van der Waals surface area contributed by atoms with E-state index < -0.39 is 5.82 Å². The molecule has 84 valence electrons. The second kappa shape index (κ2) is 5.33. The van der Waals surface area contributed by atoms with Gasteiger partial charge in [0.1, 0.15) is 11.6 Å². The van der Waals surface area contributed by atoms with Crippen LogP contribution in [0.25, 0.3) is 0 Å². The predicted octanol–water partition coefficient (Wildman–Crippen LogP) is 2.69. The van der Waals surface area contributed by atoms with Crippen molar-refractivity contribution in [3.63, 3.8) is 0 Å². The second-order valence-corrected chi connectivity index (χ2v) is 3.79. The van der Waals surface area contributed by atoms with E-state index in [1.54, 1.807) is 13.0 Å². The number of aryl methyl sites for hydroxylation is 1. The SMILES string of the molecule is COc1c(CCCN)cc(Cl)c(F)c1C. The molecule has 2 nitrogen and oxygen atoms in total. The summed E-state index contributed by atoms with van der Waals surface area (Å²) in [5.74, 6) is 0.162. The number of ether oxygens (including phenoxy) is 1. The second-order valence-electron chi connectivity index (χ2n) is 3.38. The van der Waals surface area contributed by atoms with Crippen molar-refractivity contribution in [3.05, 3.63) is 28.0 Å². The molecule has 1 rings (SSSR count). The van der Waals surface area contributed by atoms with Crippen LogP contribution in [0.5, 0.6) is 5.75 Å². The van der Waals surface area contributed by atoms with E-state index in [1.165, 1.54) is 7.11 Å². The van der Waals surface area contributed by atoms with Gasteiger partial charge in [-0.05, 0) is 37.9 Å². The van der Waals surface area contributed by atoms with Crippen LogP contribution < -0.4 is 10.5 Å². The molecule has 2 N–H and O–H groups in total. The number of benzene rings is 1. The van der Waals surface area contributed by atoms with E-state index in [-0.39, 0.29) is 5.02 Å². The molecule has 0 spiro atoms. The zero-order valence-electron chi connectivity index (χ0n) is 8.94. The summed E-state index contributed by atoms with van der Waals surface area (Å²) in [6.45, 7) is 2.25. The van der Waals surface area contributed by atoms with Crippen LogP contribution >= 0.6 is 11.6 Å². The van der Waals surface area contributed by atoms with Crippen molar-refractivity contribution < 1.29 is 9.13 Å². The molecule has 0 bridgehead atoms. The number of nitrogens with two attached hydrogens (primary N) is 1. The molecule has 4 heteroatoms. The number of hydrogen-bond acceptors (Lipinski definition) is 2. The summed E-state index contributed by atoms with van der Waals surface area (Å²) in [4.78, 5) is 0. The minimum absolute atomic E-state index is 0.139. The van der Waals surface area contributed by atoms with E-state index in [0.717, 1.165) is 18.4 Å². The molecule has 0 radical (unpaired) electrons. The van der Waals surface area contributed by atoms with E-state index in [9.17, 15) is 4.39 Å². The summed E-state index contributed by atoms with van der Waals surface area (Å²) in [5.41, 5.74) is 6.79. The first-order valence-electron chi connectivity index (χ1n) is 4.83. The molecule has 0 aliphatic rings. The molecule has 0 amide bonds. The van der Waals surface area contributed by atoms with Crippen LogP contribution in [-0.4, -0.2) is 13.7 Å². The summed E-state index contributed by atoms with van der Waals surface area (Å²) in [7, 11) is 1.53. The summed E-state index contributed by atoms with van der Waals surface area (Å²) in [5, 5.41) is 0.139. The largest absolute Gasteiger partial charge is 0.496 e. The third-order valence-electron chi connectivity index (χ3n) is 2.33. The van der Waals surface area contributed by atoms with Gasteiger partial charge in [-0.15, -0.1) is 0 Å². The maximum absolute atomic E-state index is 13.4. The Morgan fingerprint density at radius 2 is 2.20 bits per heavy atom. The van der Waals surface area contributed by atoms with Crippen LogP contribution in [0.1, 0.15) is 17.5 Å². The van der Waals surface area contributed by atoms with Crippen LogP contribution in [0.3, 0.4) is 0 Å². The number of hydrogen-bond donors (Lipinski definition) is 1.